The van der Waals surface area contributed by atoms with E-state index >= 15 is 0 Å². The van der Waals surface area contributed by atoms with Crippen molar-refractivity contribution in [3.05, 3.63) is 0 Å². The first-order valence-electron chi connectivity index (χ1n) is 7.24. The molecule has 2 atom stereocenters. The Hall–Kier alpha value is -0.120. The summed E-state index contributed by atoms with van der Waals surface area (Å²) in [6.45, 7) is 5.04. The number of nitrogens with zero attached hydrogens (tertiary/aromatic N) is 1. The first kappa shape index (κ1) is 13.3. The van der Waals surface area contributed by atoms with Crippen LogP contribution >= 0.6 is 0 Å². The SMILES string of the molecule is CCC1CCC(N(C)CC2COCC2N)CC1. The monoisotopic (exact) mass is 240 g/mol. The van der Waals surface area contributed by atoms with Gasteiger partial charge in [0.25, 0.3) is 0 Å². The highest BCUT2D eigenvalue weighted by Crippen LogP contribution is 2.29. The minimum Gasteiger partial charge on any atom is -0.379 e. The molecule has 1 heterocycles. The van der Waals surface area contributed by atoms with Crippen LogP contribution in [0.1, 0.15) is 39.0 Å². The van der Waals surface area contributed by atoms with Crippen LogP contribution < -0.4 is 5.73 Å². The maximum Gasteiger partial charge on any atom is 0.0621 e. The van der Waals surface area contributed by atoms with Crippen LogP contribution in [0.25, 0.3) is 0 Å². The van der Waals surface area contributed by atoms with Crippen molar-refractivity contribution in [2.45, 2.75) is 51.1 Å². The molecular weight excluding hydrogens is 212 g/mol. The van der Waals surface area contributed by atoms with Gasteiger partial charge in [0.15, 0.2) is 0 Å². The van der Waals surface area contributed by atoms with Gasteiger partial charge in [-0.15, -0.1) is 0 Å². The van der Waals surface area contributed by atoms with Crippen molar-refractivity contribution in [3.8, 4) is 0 Å². The number of rotatable bonds is 4. The molecule has 0 amide bonds. The molecule has 0 bridgehead atoms. The largest absolute Gasteiger partial charge is 0.379 e. The van der Waals surface area contributed by atoms with E-state index in [1.165, 1.54) is 32.1 Å². The van der Waals surface area contributed by atoms with Crippen LogP contribution in [0.4, 0.5) is 0 Å². The lowest BCUT2D eigenvalue weighted by Gasteiger charge is -2.36. The van der Waals surface area contributed by atoms with E-state index in [1.807, 2.05) is 0 Å². The molecule has 1 aliphatic carbocycles. The molecule has 2 unspecified atom stereocenters. The molecule has 2 aliphatic rings. The van der Waals surface area contributed by atoms with Crippen LogP contribution in [0.3, 0.4) is 0 Å². The lowest BCUT2D eigenvalue weighted by atomic mass is 9.84. The first-order valence-corrected chi connectivity index (χ1v) is 7.24. The van der Waals surface area contributed by atoms with Gasteiger partial charge in [-0.2, -0.15) is 0 Å². The summed E-state index contributed by atoms with van der Waals surface area (Å²) in [4.78, 5) is 2.53. The van der Waals surface area contributed by atoms with E-state index in [2.05, 4.69) is 18.9 Å². The maximum absolute atomic E-state index is 6.05. The third-order valence-electron chi connectivity index (χ3n) is 4.79. The molecule has 0 aromatic carbocycles. The highest BCUT2D eigenvalue weighted by atomic mass is 16.5. The van der Waals surface area contributed by atoms with E-state index in [4.69, 9.17) is 10.5 Å². The second-order valence-electron chi connectivity index (χ2n) is 5.98. The Morgan fingerprint density at radius 2 is 1.88 bits per heavy atom. The molecule has 0 radical (unpaired) electrons. The lowest BCUT2D eigenvalue weighted by Crippen LogP contribution is -2.42. The number of hydrogen-bond donors (Lipinski definition) is 1. The molecule has 17 heavy (non-hydrogen) atoms. The summed E-state index contributed by atoms with van der Waals surface area (Å²) < 4.78 is 5.44. The van der Waals surface area contributed by atoms with Crippen molar-refractivity contribution in [1.29, 1.82) is 0 Å². The summed E-state index contributed by atoms with van der Waals surface area (Å²) in [6.07, 6.45) is 6.94. The third kappa shape index (κ3) is 3.43. The number of nitrogens with two attached hydrogens (primary N) is 1. The molecular formula is C14H28N2O. The molecule has 1 aliphatic heterocycles. The molecule has 2 N–H and O–H groups in total. The van der Waals surface area contributed by atoms with E-state index in [1.54, 1.807) is 0 Å². The standard InChI is InChI=1S/C14H28N2O/c1-3-11-4-6-13(7-5-11)16(2)8-12-9-17-10-14(12)15/h11-14H,3-10,15H2,1-2H3. The van der Waals surface area contributed by atoms with Gasteiger partial charge in [0.1, 0.15) is 0 Å². The van der Waals surface area contributed by atoms with E-state index in [9.17, 15) is 0 Å². The molecule has 1 saturated heterocycles. The molecule has 3 nitrogen and oxygen atoms in total. The Labute approximate surface area is 106 Å². The quantitative estimate of drug-likeness (QED) is 0.815. The van der Waals surface area contributed by atoms with Gasteiger partial charge in [-0.3, -0.25) is 0 Å². The summed E-state index contributed by atoms with van der Waals surface area (Å²) in [5, 5.41) is 0. The van der Waals surface area contributed by atoms with Gasteiger partial charge in [0.2, 0.25) is 0 Å². The summed E-state index contributed by atoms with van der Waals surface area (Å²) in [5.41, 5.74) is 6.05. The average Bonchev–Trinajstić information content (AvgIpc) is 2.75. The van der Waals surface area contributed by atoms with Crippen LogP contribution in [0.15, 0.2) is 0 Å². The molecule has 2 fully saturated rings. The Morgan fingerprint density at radius 3 is 2.41 bits per heavy atom. The van der Waals surface area contributed by atoms with Crippen LogP contribution in [0, 0.1) is 11.8 Å². The van der Waals surface area contributed by atoms with E-state index in [0.29, 0.717) is 5.92 Å². The van der Waals surface area contributed by atoms with Crippen LogP contribution in [0.2, 0.25) is 0 Å². The van der Waals surface area contributed by atoms with Gasteiger partial charge in [-0.05, 0) is 38.6 Å². The normalized spacial score (nSPS) is 38.8. The Morgan fingerprint density at radius 1 is 1.18 bits per heavy atom. The van der Waals surface area contributed by atoms with Crippen molar-refractivity contribution < 1.29 is 4.74 Å². The number of ether oxygens (including phenoxy) is 1. The van der Waals surface area contributed by atoms with E-state index in [-0.39, 0.29) is 6.04 Å². The average molecular weight is 240 g/mol. The minimum atomic E-state index is 0.254. The van der Waals surface area contributed by atoms with Crippen LogP contribution in [-0.2, 0) is 4.74 Å². The highest BCUT2D eigenvalue weighted by Gasteiger charge is 2.29. The highest BCUT2D eigenvalue weighted by molar-refractivity contribution is 4.84. The maximum atomic E-state index is 6.05. The topological polar surface area (TPSA) is 38.5 Å². The fourth-order valence-electron chi connectivity index (χ4n) is 3.32. The summed E-state index contributed by atoms with van der Waals surface area (Å²) in [6, 6.07) is 1.04. The number of hydrogen-bond acceptors (Lipinski definition) is 3. The van der Waals surface area contributed by atoms with Crippen molar-refractivity contribution in [1.82, 2.24) is 4.90 Å². The Bertz CT molecular complexity index is 226. The molecule has 0 aromatic heterocycles. The molecule has 1 saturated carbocycles. The first-order chi connectivity index (χ1) is 8.20. The van der Waals surface area contributed by atoms with Gasteiger partial charge < -0.3 is 15.4 Å². The fourth-order valence-corrected chi connectivity index (χ4v) is 3.32. The van der Waals surface area contributed by atoms with Crippen molar-refractivity contribution >= 4 is 0 Å². The minimum absolute atomic E-state index is 0.254. The van der Waals surface area contributed by atoms with Crippen molar-refractivity contribution in [2.75, 3.05) is 26.8 Å². The zero-order chi connectivity index (χ0) is 12.3. The Kier molecular flexibility index (Phi) is 4.83. The predicted molar refractivity (Wildman–Crippen MR) is 71.0 cm³/mol. The Balaban J connectivity index is 1.74. The van der Waals surface area contributed by atoms with Crippen LogP contribution in [-0.4, -0.2) is 43.8 Å². The molecule has 3 heteroatoms. The second kappa shape index (κ2) is 6.17. The smallest absolute Gasteiger partial charge is 0.0621 e. The molecule has 0 spiro atoms. The van der Waals surface area contributed by atoms with Gasteiger partial charge >= 0.3 is 0 Å². The third-order valence-corrected chi connectivity index (χ3v) is 4.79. The molecule has 2 rings (SSSR count). The zero-order valence-electron chi connectivity index (χ0n) is 11.4. The summed E-state index contributed by atoms with van der Waals surface area (Å²) in [7, 11) is 2.27. The van der Waals surface area contributed by atoms with E-state index < -0.39 is 0 Å². The summed E-state index contributed by atoms with van der Waals surface area (Å²) in [5.74, 6) is 1.53. The molecule has 0 aromatic rings. The molecule has 100 valence electrons. The van der Waals surface area contributed by atoms with Gasteiger partial charge in [-0.25, -0.2) is 0 Å². The zero-order valence-corrected chi connectivity index (χ0v) is 11.4. The van der Waals surface area contributed by atoms with Crippen molar-refractivity contribution in [2.24, 2.45) is 17.6 Å². The second-order valence-corrected chi connectivity index (χ2v) is 5.98. The predicted octanol–water partition coefficient (Wildman–Crippen LogP) is 1.86. The lowest BCUT2D eigenvalue weighted by molar-refractivity contribution is 0.130. The van der Waals surface area contributed by atoms with Crippen LogP contribution in [0.5, 0.6) is 0 Å². The van der Waals surface area contributed by atoms with Gasteiger partial charge in [-0.1, -0.05) is 13.3 Å². The van der Waals surface area contributed by atoms with E-state index in [0.717, 1.165) is 31.7 Å². The fraction of sp³-hybridized carbons (Fsp3) is 1.00. The van der Waals surface area contributed by atoms with Gasteiger partial charge in [0.05, 0.1) is 13.2 Å². The summed E-state index contributed by atoms with van der Waals surface area (Å²) >= 11 is 0. The van der Waals surface area contributed by atoms with Gasteiger partial charge in [0, 0.05) is 24.5 Å². The van der Waals surface area contributed by atoms with Crippen molar-refractivity contribution in [3.63, 3.8) is 0 Å².